The first kappa shape index (κ1) is 19.5. The molecular weight excluding hydrogens is 354 g/mol. The van der Waals surface area contributed by atoms with Gasteiger partial charge in [0, 0.05) is 43.5 Å². The van der Waals surface area contributed by atoms with Crippen molar-refractivity contribution >= 4 is 29.6 Å². The molecule has 28 heavy (non-hydrogen) atoms. The van der Waals surface area contributed by atoms with Gasteiger partial charge in [-0.3, -0.25) is 4.79 Å². The fraction of sp³-hybridized carbons (Fsp3) is 0.227. The highest BCUT2D eigenvalue weighted by Gasteiger charge is 2.15. The second kappa shape index (κ2) is 9.10. The summed E-state index contributed by atoms with van der Waals surface area (Å²) in [5.41, 5.74) is 2.81. The van der Waals surface area contributed by atoms with Crippen molar-refractivity contribution in [3.63, 3.8) is 0 Å². The van der Waals surface area contributed by atoms with Crippen molar-refractivity contribution in [1.29, 1.82) is 0 Å². The Morgan fingerprint density at radius 1 is 0.964 bits per heavy atom. The van der Waals surface area contributed by atoms with Gasteiger partial charge in [0.25, 0.3) is 0 Å². The molecule has 1 N–H and O–H groups in total. The SMILES string of the molecule is CN1CCN(c2cccc(C(=O)C=Cc3cccc(C=CC(=O)O)n3)c2)CC1. The number of carbonyl (C=O) groups excluding carboxylic acids is 1. The Labute approximate surface area is 164 Å². The first-order chi connectivity index (χ1) is 13.5. The summed E-state index contributed by atoms with van der Waals surface area (Å²) in [6, 6.07) is 12.9. The number of hydrogen-bond donors (Lipinski definition) is 1. The van der Waals surface area contributed by atoms with E-state index in [1.54, 1.807) is 24.3 Å². The molecule has 0 amide bonds. The van der Waals surface area contributed by atoms with Gasteiger partial charge in [-0.15, -0.1) is 0 Å². The van der Waals surface area contributed by atoms with Crippen molar-refractivity contribution in [2.75, 3.05) is 38.1 Å². The summed E-state index contributed by atoms with van der Waals surface area (Å²) >= 11 is 0. The Kier molecular flexibility index (Phi) is 6.34. The molecule has 2 heterocycles. The molecule has 1 aromatic heterocycles. The van der Waals surface area contributed by atoms with Gasteiger partial charge in [-0.2, -0.15) is 0 Å². The zero-order chi connectivity index (χ0) is 19.9. The number of rotatable bonds is 6. The molecule has 6 nitrogen and oxygen atoms in total. The van der Waals surface area contributed by atoms with Crippen molar-refractivity contribution in [2.24, 2.45) is 0 Å². The van der Waals surface area contributed by atoms with Crippen LogP contribution in [0.15, 0.2) is 54.6 Å². The number of carbonyl (C=O) groups is 2. The van der Waals surface area contributed by atoms with E-state index in [0.717, 1.165) is 37.9 Å². The van der Waals surface area contributed by atoms with Gasteiger partial charge in [-0.1, -0.05) is 18.2 Å². The molecule has 144 valence electrons. The number of anilines is 1. The van der Waals surface area contributed by atoms with Gasteiger partial charge in [0.2, 0.25) is 0 Å². The van der Waals surface area contributed by atoms with Crippen LogP contribution in [0.4, 0.5) is 5.69 Å². The second-order valence-corrected chi connectivity index (χ2v) is 6.70. The summed E-state index contributed by atoms with van der Waals surface area (Å²) in [6.45, 7) is 3.92. The first-order valence-electron chi connectivity index (χ1n) is 9.15. The van der Waals surface area contributed by atoms with E-state index in [2.05, 4.69) is 21.8 Å². The third-order valence-corrected chi connectivity index (χ3v) is 4.59. The van der Waals surface area contributed by atoms with E-state index < -0.39 is 5.97 Å². The van der Waals surface area contributed by atoms with Crippen LogP contribution in [-0.2, 0) is 4.79 Å². The van der Waals surface area contributed by atoms with E-state index in [9.17, 15) is 9.59 Å². The molecule has 0 radical (unpaired) electrons. The second-order valence-electron chi connectivity index (χ2n) is 6.70. The minimum atomic E-state index is -1.03. The predicted molar refractivity (Wildman–Crippen MR) is 110 cm³/mol. The predicted octanol–water partition coefficient (Wildman–Crippen LogP) is 2.83. The summed E-state index contributed by atoms with van der Waals surface area (Å²) in [4.78, 5) is 32.1. The lowest BCUT2D eigenvalue weighted by Crippen LogP contribution is -2.44. The molecule has 1 aliphatic heterocycles. The van der Waals surface area contributed by atoms with Crippen LogP contribution in [0.3, 0.4) is 0 Å². The lowest BCUT2D eigenvalue weighted by Gasteiger charge is -2.34. The Bertz CT molecular complexity index is 913. The quantitative estimate of drug-likeness (QED) is 0.616. The van der Waals surface area contributed by atoms with Crippen LogP contribution in [0.2, 0.25) is 0 Å². The van der Waals surface area contributed by atoms with Gasteiger partial charge in [-0.05, 0) is 49.5 Å². The van der Waals surface area contributed by atoms with Gasteiger partial charge in [0.1, 0.15) is 0 Å². The molecule has 0 atom stereocenters. The maximum Gasteiger partial charge on any atom is 0.328 e. The third kappa shape index (κ3) is 5.37. The van der Waals surface area contributed by atoms with Crippen LogP contribution >= 0.6 is 0 Å². The van der Waals surface area contributed by atoms with Crippen LogP contribution in [0.5, 0.6) is 0 Å². The molecule has 2 aromatic rings. The first-order valence-corrected chi connectivity index (χ1v) is 9.15. The zero-order valence-electron chi connectivity index (χ0n) is 15.8. The monoisotopic (exact) mass is 377 g/mol. The van der Waals surface area contributed by atoms with Gasteiger partial charge < -0.3 is 14.9 Å². The van der Waals surface area contributed by atoms with Gasteiger partial charge in [-0.25, -0.2) is 9.78 Å². The molecule has 0 saturated carbocycles. The highest BCUT2D eigenvalue weighted by molar-refractivity contribution is 6.07. The number of benzene rings is 1. The smallest absolute Gasteiger partial charge is 0.328 e. The molecule has 0 unspecified atom stereocenters. The number of piperazine rings is 1. The molecule has 0 aliphatic carbocycles. The van der Waals surface area contributed by atoms with Gasteiger partial charge in [0.15, 0.2) is 5.78 Å². The topological polar surface area (TPSA) is 73.7 Å². The van der Waals surface area contributed by atoms with E-state index in [1.807, 2.05) is 24.3 Å². The average Bonchev–Trinajstić information content (AvgIpc) is 2.71. The van der Waals surface area contributed by atoms with E-state index >= 15 is 0 Å². The Morgan fingerprint density at radius 3 is 2.29 bits per heavy atom. The number of aromatic nitrogens is 1. The van der Waals surface area contributed by atoms with Crippen LogP contribution in [0, 0.1) is 0 Å². The van der Waals surface area contributed by atoms with Crippen molar-refractivity contribution in [3.05, 3.63) is 71.6 Å². The minimum Gasteiger partial charge on any atom is -0.478 e. The highest BCUT2D eigenvalue weighted by Crippen LogP contribution is 2.18. The van der Waals surface area contributed by atoms with Crippen LogP contribution < -0.4 is 4.90 Å². The van der Waals surface area contributed by atoms with Crippen molar-refractivity contribution < 1.29 is 14.7 Å². The number of pyridine rings is 1. The third-order valence-electron chi connectivity index (χ3n) is 4.59. The number of carboxylic acid groups (broad SMARTS) is 1. The maximum absolute atomic E-state index is 12.6. The Balaban J connectivity index is 1.70. The van der Waals surface area contributed by atoms with Crippen LogP contribution in [0.1, 0.15) is 21.7 Å². The van der Waals surface area contributed by atoms with E-state index in [-0.39, 0.29) is 5.78 Å². The lowest BCUT2D eigenvalue weighted by atomic mass is 10.1. The number of likely N-dealkylation sites (N-methyl/N-ethyl adjacent to an activating group) is 1. The normalized spacial score (nSPS) is 15.4. The minimum absolute atomic E-state index is 0.0933. The summed E-state index contributed by atoms with van der Waals surface area (Å²) in [7, 11) is 2.11. The van der Waals surface area contributed by atoms with Crippen molar-refractivity contribution in [2.45, 2.75) is 0 Å². The lowest BCUT2D eigenvalue weighted by molar-refractivity contribution is -0.131. The fourth-order valence-electron chi connectivity index (χ4n) is 2.99. The summed E-state index contributed by atoms with van der Waals surface area (Å²) < 4.78 is 0. The Morgan fingerprint density at radius 2 is 1.61 bits per heavy atom. The fourth-order valence-corrected chi connectivity index (χ4v) is 2.99. The molecule has 1 fully saturated rings. The molecular formula is C22H23N3O3. The average molecular weight is 377 g/mol. The number of allylic oxidation sites excluding steroid dienone is 1. The number of aliphatic carboxylic acids is 1. The molecule has 0 bridgehead atoms. The molecule has 1 saturated heterocycles. The highest BCUT2D eigenvalue weighted by atomic mass is 16.4. The molecule has 1 aromatic carbocycles. The van der Waals surface area contributed by atoms with Gasteiger partial charge in [0.05, 0.1) is 11.4 Å². The molecule has 0 spiro atoms. The van der Waals surface area contributed by atoms with E-state index in [1.165, 1.54) is 12.2 Å². The van der Waals surface area contributed by atoms with Crippen LogP contribution in [0.25, 0.3) is 12.2 Å². The Hall–Kier alpha value is -3.25. The van der Waals surface area contributed by atoms with E-state index in [0.29, 0.717) is 17.0 Å². The van der Waals surface area contributed by atoms with E-state index in [4.69, 9.17) is 5.11 Å². The van der Waals surface area contributed by atoms with Crippen molar-refractivity contribution in [3.8, 4) is 0 Å². The largest absolute Gasteiger partial charge is 0.478 e. The van der Waals surface area contributed by atoms with Gasteiger partial charge >= 0.3 is 5.97 Å². The standard InChI is InChI=1S/C22H23N3O3/c1-24-12-14-25(15-13-24)20-7-2-4-17(16-20)21(26)10-8-18-5-3-6-19(23-18)9-11-22(27)28/h2-11,16H,12-15H2,1H3,(H,27,28). The number of nitrogens with zero attached hydrogens (tertiary/aromatic N) is 3. The van der Waals surface area contributed by atoms with Crippen molar-refractivity contribution in [1.82, 2.24) is 9.88 Å². The number of hydrogen-bond acceptors (Lipinski definition) is 5. The summed E-state index contributed by atoms with van der Waals surface area (Å²) in [5, 5.41) is 8.70. The summed E-state index contributed by atoms with van der Waals surface area (Å²) in [5.74, 6) is -1.12. The number of ketones is 1. The zero-order valence-corrected chi connectivity index (χ0v) is 15.8. The molecule has 3 rings (SSSR count). The van der Waals surface area contributed by atoms with Crippen LogP contribution in [-0.4, -0.2) is 60.0 Å². The summed E-state index contributed by atoms with van der Waals surface area (Å²) in [6.07, 6.45) is 5.59. The molecule has 6 heteroatoms. The molecule has 1 aliphatic rings. The number of carboxylic acids is 1. The maximum atomic E-state index is 12.6.